The van der Waals surface area contributed by atoms with Gasteiger partial charge in [-0.1, -0.05) is 0 Å². The summed E-state index contributed by atoms with van der Waals surface area (Å²) >= 11 is 0. The molecule has 2 aromatic heterocycles. The first-order chi connectivity index (χ1) is 17.6. The first-order valence-corrected chi connectivity index (χ1v) is 12.5. The normalized spacial score (nSPS) is 16.7. The van der Waals surface area contributed by atoms with E-state index in [1.807, 2.05) is 30.5 Å². The molecule has 10 nitrogen and oxygen atoms in total. The molecule has 2 saturated heterocycles. The largest absolute Gasteiger partial charge is 0.483 e. The Morgan fingerprint density at radius 3 is 2.39 bits per heavy atom. The van der Waals surface area contributed by atoms with Gasteiger partial charge in [0.15, 0.2) is 17.4 Å². The minimum atomic E-state index is -0.503. The van der Waals surface area contributed by atoms with E-state index in [4.69, 9.17) is 19.8 Å². The molecule has 2 fully saturated rings. The molecule has 10 heteroatoms. The van der Waals surface area contributed by atoms with Crippen LogP contribution in [0.3, 0.4) is 0 Å². The van der Waals surface area contributed by atoms with Crippen LogP contribution in [-0.2, 0) is 9.47 Å². The molecule has 0 radical (unpaired) electrons. The maximum atomic E-state index is 11.5. The number of amides is 1. The lowest BCUT2D eigenvalue weighted by Crippen LogP contribution is -2.34. The number of hydrogen-bond acceptors (Lipinski definition) is 8. The van der Waals surface area contributed by atoms with Crippen molar-refractivity contribution in [3.63, 3.8) is 0 Å². The van der Waals surface area contributed by atoms with Crippen molar-refractivity contribution in [3.05, 3.63) is 42.9 Å². The molecule has 2 aliphatic heterocycles. The van der Waals surface area contributed by atoms with Crippen molar-refractivity contribution < 1.29 is 14.3 Å². The quantitative estimate of drug-likeness (QED) is 0.506. The van der Waals surface area contributed by atoms with E-state index >= 15 is 0 Å². The summed E-state index contributed by atoms with van der Waals surface area (Å²) in [6.07, 6.45) is 6.85. The second-order valence-corrected chi connectivity index (χ2v) is 9.25. The summed E-state index contributed by atoms with van der Waals surface area (Å²) in [4.78, 5) is 26.1. The molecule has 5 rings (SSSR count). The number of aromatic nitrogens is 4. The fourth-order valence-corrected chi connectivity index (χ4v) is 5.01. The molecule has 0 unspecified atom stereocenters. The van der Waals surface area contributed by atoms with Crippen molar-refractivity contribution in [2.45, 2.75) is 38.1 Å². The van der Waals surface area contributed by atoms with Crippen LogP contribution in [0.25, 0.3) is 22.4 Å². The molecular weight excluding hydrogens is 458 g/mol. The van der Waals surface area contributed by atoms with Crippen LogP contribution in [-0.4, -0.2) is 71.1 Å². The molecule has 4 heterocycles. The zero-order valence-electron chi connectivity index (χ0n) is 20.9. The lowest BCUT2D eigenvalue weighted by Gasteiger charge is -2.33. The molecule has 1 aromatic carbocycles. The number of nitrogens with zero attached hydrogens (tertiary/aromatic N) is 6. The van der Waals surface area contributed by atoms with Crippen LogP contribution in [0, 0.1) is 0 Å². The maximum Gasteiger partial charge on any atom is 0.411 e. The van der Waals surface area contributed by atoms with Gasteiger partial charge in [-0.15, -0.1) is 0 Å². The van der Waals surface area contributed by atoms with E-state index < -0.39 is 6.09 Å². The standard InChI is InChI=1S/C26H33N7O3/c1-18(35-2)31-15-11-21(12-16-31)33-25-22(17-27-33)24(32-13-5-4-6-14-32)29-23(30-25)19-7-9-20(10-8-19)28-26(34)36-3/h7-10,17,21H,1,4-6,11-16H2,2-3H3,(H,28,34). The molecule has 0 saturated carbocycles. The van der Waals surface area contributed by atoms with Crippen LogP contribution in [0.15, 0.2) is 42.9 Å². The number of likely N-dealkylation sites (tertiary alicyclic amines) is 1. The molecule has 0 aliphatic carbocycles. The van der Waals surface area contributed by atoms with E-state index in [9.17, 15) is 4.79 Å². The smallest absolute Gasteiger partial charge is 0.411 e. The summed E-state index contributed by atoms with van der Waals surface area (Å²) in [5.41, 5.74) is 2.39. The van der Waals surface area contributed by atoms with Gasteiger partial charge in [-0.05, 0) is 62.9 Å². The van der Waals surface area contributed by atoms with E-state index in [0.717, 1.165) is 74.3 Å². The predicted octanol–water partition coefficient (Wildman–Crippen LogP) is 4.42. The zero-order chi connectivity index (χ0) is 25.1. The third-order valence-corrected chi connectivity index (χ3v) is 7.06. The Kier molecular flexibility index (Phi) is 6.92. The Hall–Kier alpha value is -3.82. The van der Waals surface area contributed by atoms with Crippen molar-refractivity contribution in [1.29, 1.82) is 0 Å². The first kappa shape index (κ1) is 23.9. The number of carbonyl (C=O) groups excluding carboxylic acids is 1. The van der Waals surface area contributed by atoms with E-state index in [1.54, 1.807) is 7.11 Å². The van der Waals surface area contributed by atoms with Gasteiger partial charge in [0.05, 0.1) is 31.8 Å². The number of fused-ring (bicyclic) bond motifs is 1. The molecule has 0 bridgehead atoms. The third kappa shape index (κ3) is 4.80. The van der Waals surface area contributed by atoms with Crippen LogP contribution in [0.5, 0.6) is 0 Å². The summed E-state index contributed by atoms with van der Waals surface area (Å²) in [6, 6.07) is 7.74. The molecule has 190 valence electrons. The van der Waals surface area contributed by atoms with Crippen LogP contribution in [0.4, 0.5) is 16.3 Å². The van der Waals surface area contributed by atoms with Crippen molar-refractivity contribution in [1.82, 2.24) is 24.6 Å². The average Bonchev–Trinajstić information content (AvgIpc) is 3.37. The molecule has 0 spiro atoms. The van der Waals surface area contributed by atoms with Crippen molar-refractivity contribution in [2.75, 3.05) is 50.6 Å². The summed E-state index contributed by atoms with van der Waals surface area (Å²) in [5, 5.41) is 8.49. The average molecular weight is 492 g/mol. The fraction of sp³-hybridized carbons (Fsp3) is 0.462. The number of carbonyl (C=O) groups is 1. The molecule has 3 aromatic rings. The summed E-state index contributed by atoms with van der Waals surface area (Å²) < 4.78 is 12.1. The van der Waals surface area contributed by atoms with E-state index in [-0.39, 0.29) is 6.04 Å². The van der Waals surface area contributed by atoms with Gasteiger partial charge in [0, 0.05) is 37.4 Å². The third-order valence-electron chi connectivity index (χ3n) is 7.06. The number of nitrogens with one attached hydrogen (secondary N) is 1. The van der Waals surface area contributed by atoms with Gasteiger partial charge in [-0.3, -0.25) is 5.32 Å². The Labute approximate surface area is 210 Å². The van der Waals surface area contributed by atoms with Crippen molar-refractivity contribution in [3.8, 4) is 11.4 Å². The van der Waals surface area contributed by atoms with Crippen LogP contribution in [0.2, 0.25) is 0 Å². The van der Waals surface area contributed by atoms with E-state index in [1.165, 1.54) is 13.5 Å². The SMILES string of the molecule is C=C(OC)N1CCC(n2ncc3c(N4CCCCC4)nc(-c4ccc(NC(=O)OC)cc4)nc32)CC1. The monoisotopic (exact) mass is 491 g/mol. The summed E-state index contributed by atoms with van der Waals surface area (Å²) in [7, 11) is 3.00. The fourth-order valence-electron chi connectivity index (χ4n) is 5.01. The second kappa shape index (κ2) is 10.4. The van der Waals surface area contributed by atoms with Gasteiger partial charge in [0.25, 0.3) is 0 Å². The number of ether oxygens (including phenoxy) is 2. The number of rotatable bonds is 6. The topological polar surface area (TPSA) is 97.6 Å². The highest BCUT2D eigenvalue weighted by Gasteiger charge is 2.26. The van der Waals surface area contributed by atoms with Gasteiger partial charge in [0.2, 0.25) is 0 Å². The van der Waals surface area contributed by atoms with Crippen LogP contribution in [0.1, 0.15) is 38.1 Å². The molecule has 1 N–H and O–H groups in total. The molecule has 2 aliphatic rings. The van der Waals surface area contributed by atoms with Crippen LogP contribution >= 0.6 is 0 Å². The predicted molar refractivity (Wildman–Crippen MR) is 139 cm³/mol. The highest BCUT2D eigenvalue weighted by molar-refractivity contribution is 5.89. The minimum Gasteiger partial charge on any atom is -0.483 e. The second-order valence-electron chi connectivity index (χ2n) is 9.25. The first-order valence-electron chi connectivity index (χ1n) is 12.5. The number of methoxy groups -OCH3 is 2. The lowest BCUT2D eigenvalue weighted by atomic mass is 10.1. The highest BCUT2D eigenvalue weighted by atomic mass is 16.5. The Bertz CT molecular complexity index is 1230. The van der Waals surface area contributed by atoms with E-state index in [2.05, 4.69) is 31.1 Å². The Morgan fingerprint density at radius 1 is 1.00 bits per heavy atom. The van der Waals surface area contributed by atoms with E-state index in [0.29, 0.717) is 17.4 Å². The highest BCUT2D eigenvalue weighted by Crippen LogP contribution is 2.33. The summed E-state index contributed by atoms with van der Waals surface area (Å²) in [5.74, 6) is 2.31. The van der Waals surface area contributed by atoms with Gasteiger partial charge >= 0.3 is 6.09 Å². The summed E-state index contributed by atoms with van der Waals surface area (Å²) in [6.45, 7) is 7.69. The Morgan fingerprint density at radius 2 is 1.72 bits per heavy atom. The Balaban J connectivity index is 1.50. The van der Waals surface area contributed by atoms with Gasteiger partial charge in [0.1, 0.15) is 5.82 Å². The number of anilines is 2. The van der Waals surface area contributed by atoms with Crippen LogP contribution < -0.4 is 10.2 Å². The zero-order valence-corrected chi connectivity index (χ0v) is 20.9. The van der Waals surface area contributed by atoms with Crippen molar-refractivity contribution >= 4 is 28.6 Å². The lowest BCUT2D eigenvalue weighted by molar-refractivity contribution is 0.118. The molecule has 0 atom stereocenters. The number of piperidine rings is 2. The molecular formula is C26H33N7O3. The minimum absolute atomic E-state index is 0.243. The molecule has 1 amide bonds. The van der Waals surface area contributed by atoms with Gasteiger partial charge in [-0.25, -0.2) is 19.4 Å². The van der Waals surface area contributed by atoms with Gasteiger partial charge < -0.3 is 19.3 Å². The number of hydrogen-bond donors (Lipinski definition) is 1. The molecule has 36 heavy (non-hydrogen) atoms. The maximum absolute atomic E-state index is 11.5. The van der Waals surface area contributed by atoms with Crippen molar-refractivity contribution in [2.24, 2.45) is 0 Å². The number of benzene rings is 1. The van der Waals surface area contributed by atoms with Gasteiger partial charge in [-0.2, -0.15) is 5.10 Å².